The van der Waals surface area contributed by atoms with E-state index in [4.69, 9.17) is 13.0 Å². The molecule has 0 amide bonds. The Morgan fingerprint density at radius 3 is 1.38 bits per heavy atom. The molecule has 0 saturated heterocycles. The van der Waals surface area contributed by atoms with E-state index in [-0.39, 0.29) is 19.5 Å². The summed E-state index contributed by atoms with van der Waals surface area (Å²) in [6, 6.07) is 0. The third-order valence-electron chi connectivity index (χ3n) is 2.04. The fourth-order valence-corrected chi connectivity index (χ4v) is 1.33. The van der Waals surface area contributed by atoms with Gasteiger partial charge in [-0.1, -0.05) is 24.3 Å². The first kappa shape index (κ1) is 15.8. The number of halogens is 3. The molecule has 94 valence electrons. The largest absolute Gasteiger partial charge is 1.00 e. The zero-order valence-corrected chi connectivity index (χ0v) is 10.2. The van der Waals surface area contributed by atoms with Crippen LogP contribution in [-0.2, 0) is 29.6 Å². The average Bonchev–Trinajstić information content (AvgIpc) is 2.62. The normalized spacial score (nSPS) is 26.0. The summed E-state index contributed by atoms with van der Waals surface area (Å²) in [5.41, 5.74) is -5.65. The first-order valence-electron chi connectivity index (χ1n) is 4.09. The van der Waals surface area contributed by atoms with Gasteiger partial charge in [0.25, 0.3) is 0 Å². The van der Waals surface area contributed by atoms with Gasteiger partial charge in [0.1, 0.15) is 0 Å². The number of alkyl halides is 3. The molecular weight excluding hydrogens is 336 g/mol. The standard InChI is InChI=1S/C7H8.CHF3O3S.Rh/c1-2-7-4-3-6(1)5-7;2-1(3,4)8(5,6)7;/h1-4,6-7H,5H2;(H,5,6,7);/q;;+1/p-1. The third kappa shape index (κ3) is 4.35. The fraction of sp³-hybridized carbons (Fsp3) is 0.500. The van der Waals surface area contributed by atoms with Gasteiger partial charge in [-0.2, -0.15) is 13.2 Å². The summed E-state index contributed by atoms with van der Waals surface area (Å²) in [7, 11) is -6.09. The average molecular weight is 344 g/mol. The maximum atomic E-state index is 10.7. The predicted octanol–water partition coefficient (Wildman–Crippen LogP) is 1.80. The Morgan fingerprint density at radius 1 is 1.06 bits per heavy atom. The van der Waals surface area contributed by atoms with Crippen LogP contribution in [0.1, 0.15) is 6.42 Å². The quantitative estimate of drug-likeness (QED) is 0.291. The van der Waals surface area contributed by atoms with Gasteiger partial charge in [0.15, 0.2) is 10.1 Å². The van der Waals surface area contributed by atoms with Gasteiger partial charge in [0.2, 0.25) is 0 Å². The van der Waals surface area contributed by atoms with Gasteiger partial charge in [-0.25, -0.2) is 8.42 Å². The summed E-state index contributed by atoms with van der Waals surface area (Å²) in [4.78, 5) is 0. The van der Waals surface area contributed by atoms with Gasteiger partial charge in [-0.15, -0.1) is 0 Å². The van der Waals surface area contributed by atoms with Crippen molar-refractivity contribution in [3.8, 4) is 0 Å². The minimum Gasteiger partial charge on any atom is -0.741 e. The van der Waals surface area contributed by atoms with Crippen molar-refractivity contribution < 1.29 is 45.6 Å². The first-order chi connectivity index (χ1) is 6.70. The molecule has 0 spiro atoms. The molecule has 0 N–H and O–H groups in total. The van der Waals surface area contributed by atoms with E-state index in [1.165, 1.54) is 6.42 Å². The van der Waals surface area contributed by atoms with Crippen molar-refractivity contribution in [1.82, 2.24) is 0 Å². The topological polar surface area (TPSA) is 57.2 Å². The van der Waals surface area contributed by atoms with Crippen LogP contribution in [0.3, 0.4) is 0 Å². The van der Waals surface area contributed by atoms with E-state index in [0.29, 0.717) is 0 Å². The Morgan fingerprint density at radius 2 is 1.31 bits per heavy atom. The molecule has 0 aromatic rings. The second kappa shape index (κ2) is 5.42. The molecule has 2 aliphatic rings. The molecule has 3 nitrogen and oxygen atoms in total. The first-order valence-corrected chi connectivity index (χ1v) is 5.50. The molecule has 0 aliphatic heterocycles. The Balaban J connectivity index is 0.000000265. The van der Waals surface area contributed by atoms with Crippen LogP contribution in [0.2, 0.25) is 0 Å². The van der Waals surface area contributed by atoms with Gasteiger partial charge in [-0.3, -0.25) is 0 Å². The Kier molecular flexibility index (Phi) is 5.36. The minimum atomic E-state index is -6.09. The molecule has 8 heteroatoms. The molecule has 0 aromatic heterocycles. The van der Waals surface area contributed by atoms with Gasteiger partial charge in [0, 0.05) is 0 Å². The van der Waals surface area contributed by atoms with Gasteiger partial charge >= 0.3 is 25.0 Å². The maximum Gasteiger partial charge on any atom is 1.00 e. The van der Waals surface area contributed by atoms with Gasteiger partial charge in [0.05, 0.1) is 0 Å². The Hall–Kier alpha value is -0.197. The van der Waals surface area contributed by atoms with E-state index in [0.717, 1.165) is 11.8 Å². The van der Waals surface area contributed by atoms with Gasteiger partial charge < -0.3 is 4.55 Å². The number of allylic oxidation sites excluding steroid dienone is 4. The minimum absolute atomic E-state index is 0. The van der Waals surface area contributed by atoms with Crippen LogP contribution in [0.5, 0.6) is 0 Å². The van der Waals surface area contributed by atoms with Crippen LogP contribution < -0.4 is 0 Å². The van der Waals surface area contributed by atoms with E-state index in [9.17, 15) is 13.2 Å². The Bertz CT molecular complexity index is 358. The van der Waals surface area contributed by atoms with Crippen molar-refractivity contribution in [3.63, 3.8) is 0 Å². The van der Waals surface area contributed by atoms with Crippen molar-refractivity contribution in [3.05, 3.63) is 24.3 Å². The van der Waals surface area contributed by atoms with E-state index >= 15 is 0 Å². The molecule has 16 heavy (non-hydrogen) atoms. The summed E-state index contributed by atoms with van der Waals surface area (Å²) >= 11 is 0. The molecule has 0 saturated carbocycles. The van der Waals surface area contributed by atoms with Crippen molar-refractivity contribution >= 4 is 10.1 Å². The van der Waals surface area contributed by atoms with E-state index in [1.807, 2.05) is 0 Å². The predicted molar refractivity (Wildman–Crippen MR) is 45.6 cm³/mol. The van der Waals surface area contributed by atoms with Crippen LogP contribution in [0, 0.1) is 11.8 Å². The summed E-state index contributed by atoms with van der Waals surface area (Å²) in [6.45, 7) is 0. The second-order valence-corrected chi connectivity index (χ2v) is 4.60. The van der Waals surface area contributed by atoms with E-state index < -0.39 is 15.6 Å². The van der Waals surface area contributed by atoms with Crippen LogP contribution in [0.15, 0.2) is 24.3 Å². The number of hydrogen-bond donors (Lipinski definition) is 0. The molecule has 0 radical (unpaired) electrons. The van der Waals surface area contributed by atoms with Gasteiger partial charge in [-0.05, 0) is 18.3 Å². The zero-order valence-electron chi connectivity index (χ0n) is 7.77. The molecule has 2 bridgehead atoms. The smallest absolute Gasteiger partial charge is 0.741 e. The molecule has 0 unspecified atom stereocenters. The summed E-state index contributed by atoms with van der Waals surface area (Å²) in [5.74, 6) is 1.62. The van der Waals surface area contributed by atoms with Crippen LogP contribution >= 0.6 is 0 Å². The van der Waals surface area contributed by atoms with E-state index in [2.05, 4.69) is 24.3 Å². The Labute approximate surface area is 104 Å². The van der Waals surface area contributed by atoms with E-state index in [1.54, 1.807) is 0 Å². The van der Waals surface area contributed by atoms with Crippen molar-refractivity contribution in [2.24, 2.45) is 11.8 Å². The molecular formula is C8H8F3O3RhS. The van der Waals surface area contributed by atoms with Crippen LogP contribution in [0.25, 0.3) is 0 Å². The molecule has 0 heterocycles. The van der Waals surface area contributed by atoms with Crippen LogP contribution in [0.4, 0.5) is 13.2 Å². The monoisotopic (exact) mass is 344 g/mol. The maximum absolute atomic E-state index is 10.7. The fourth-order valence-electron chi connectivity index (χ4n) is 1.33. The second-order valence-electron chi connectivity index (χ2n) is 3.23. The van der Waals surface area contributed by atoms with Crippen LogP contribution in [-0.4, -0.2) is 18.5 Å². The van der Waals surface area contributed by atoms with Crippen molar-refractivity contribution in [2.75, 3.05) is 0 Å². The molecule has 2 rings (SSSR count). The number of hydrogen-bond acceptors (Lipinski definition) is 3. The molecule has 0 fully saturated rings. The summed E-state index contributed by atoms with van der Waals surface area (Å²) in [6.07, 6.45) is 10.5. The summed E-state index contributed by atoms with van der Waals surface area (Å²) in [5, 5.41) is 0. The SMILES string of the molecule is C1=CC2C=CC1C2.O=S(=O)([O-])C(F)(F)F.[Rh+]. The molecule has 0 atom stereocenters. The third-order valence-corrected chi connectivity index (χ3v) is 2.61. The molecule has 2 aliphatic carbocycles. The summed E-state index contributed by atoms with van der Waals surface area (Å²) < 4.78 is 58.9. The number of rotatable bonds is 0. The zero-order chi connectivity index (χ0) is 11.7. The molecule has 0 aromatic carbocycles. The number of fused-ring (bicyclic) bond motifs is 2. The van der Waals surface area contributed by atoms with Crippen molar-refractivity contribution in [2.45, 2.75) is 11.9 Å². The van der Waals surface area contributed by atoms with Crippen molar-refractivity contribution in [1.29, 1.82) is 0 Å².